The molecular formula is C27H31F3N4O2. The van der Waals surface area contributed by atoms with Crippen LogP contribution in [0.2, 0.25) is 0 Å². The van der Waals surface area contributed by atoms with Crippen LogP contribution in [0.25, 0.3) is 4.85 Å². The van der Waals surface area contributed by atoms with Crippen LogP contribution in [0.15, 0.2) is 30.5 Å². The van der Waals surface area contributed by atoms with Gasteiger partial charge >= 0.3 is 12.3 Å². The van der Waals surface area contributed by atoms with E-state index in [4.69, 9.17) is 11.3 Å². The van der Waals surface area contributed by atoms with Crippen molar-refractivity contribution in [1.82, 2.24) is 9.88 Å². The normalized spacial score (nSPS) is 20.8. The molecule has 1 aliphatic heterocycles. The lowest BCUT2D eigenvalue weighted by Gasteiger charge is -2.36. The van der Waals surface area contributed by atoms with Crippen LogP contribution in [-0.4, -0.2) is 34.6 Å². The molecule has 2 fully saturated rings. The van der Waals surface area contributed by atoms with Crippen LogP contribution >= 0.6 is 0 Å². The van der Waals surface area contributed by atoms with Gasteiger partial charge in [-0.1, -0.05) is 30.9 Å². The smallest absolute Gasteiger partial charge is 0.416 e. The van der Waals surface area contributed by atoms with Crippen molar-refractivity contribution in [2.45, 2.75) is 83.8 Å². The maximum Gasteiger partial charge on any atom is 0.416 e. The highest BCUT2D eigenvalue weighted by molar-refractivity contribution is 5.72. The number of cyclic esters (lactones) is 1. The van der Waals surface area contributed by atoms with E-state index in [1.807, 2.05) is 0 Å². The number of anilines is 1. The first-order chi connectivity index (χ1) is 17.1. The highest BCUT2D eigenvalue weighted by Crippen LogP contribution is 2.39. The van der Waals surface area contributed by atoms with Crippen LogP contribution < -0.4 is 4.90 Å². The summed E-state index contributed by atoms with van der Waals surface area (Å²) in [5.41, 5.74) is 1.11. The molecule has 9 heteroatoms. The minimum absolute atomic E-state index is 0.156. The molecule has 1 saturated carbocycles. The number of nitrogens with zero attached hydrogens (tertiary/aromatic N) is 4. The van der Waals surface area contributed by atoms with Crippen molar-refractivity contribution in [3.05, 3.63) is 64.1 Å². The Morgan fingerprint density at radius 2 is 1.92 bits per heavy atom. The molecule has 1 aromatic heterocycles. The number of carbonyl (C=O) groups is 1. The van der Waals surface area contributed by atoms with Gasteiger partial charge in [0.05, 0.1) is 24.7 Å². The Balaban J connectivity index is 1.64. The number of rotatable bonds is 6. The van der Waals surface area contributed by atoms with E-state index in [1.54, 1.807) is 32.2 Å². The average Bonchev–Trinajstić information content (AvgIpc) is 3.13. The summed E-state index contributed by atoms with van der Waals surface area (Å²) < 4.78 is 45.8. The van der Waals surface area contributed by atoms with Crippen molar-refractivity contribution in [2.75, 3.05) is 11.4 Å². The van der Waals surface area contributed by atoms with Crippen molar-refractivity contribution in [3.8, 4) is 0 Å². The molecule has 1 aromatic carbocycles. The number of alkyl halides is 3. The number of carbonyl (C=O) groups excluding carboxylic acids is 1. The zero-order valence-electron chi connectivity index (χ0n) is 20.8. The minimum Gasteiger partial charge on any atom is -0.439 e. The molecule has 0 radical (unpaired) electrons. The average molecular weight is 501 g/mol. The lowest BCUT2D eigenvalue weighted by atomic mass is 9.94. The Hall–Kier alpha value is -3.28. The van der Waals surface area contributed by atoms with E-state index in [9.17, 15) is 18.0 Å². The maximum absolute atomic E-state index is 13.4. The molecule has 192 valence electrons. The molecule has 36 heavy (non-hydrogen) atoms. The molecule has 2 heterocycles. The van der Waals surface area contributed by atoms with Gasteiger partial charge in [-0.05, 0) is 57.4 Å². The standard InChI is InChI=1S/C27H31F3N4O2/c1-5-33(23-9-7-6-8-10-23)25-20(14-22(31-4)15-32-25)16-34-18(3)24(36-26(34)35)19-11-17(2)12-21(13-19)27(28,29)30/h11-15,18,23-24H,5-10,16H2,1-3H3/t18-,24-/m0/s1. The number of halogens is 3. The number of aromatic nitrogens is 1. The first-order valence-corrected chi connectivity index (χ1v) is 12.4. The molecule has 1 saturated heterocycles. The summed E-state index contributed by atoms with van der Waals surface area (Å²) in [5.74, 6) is 0.746. The number of hydrogen-bond donors (Lipinski definition) is 0. The SMILES string of the molecule is [C-]#[N+]c1cnc(N(CC)C2CCCCC2)c(CN2C(=O)O[C@H](c3cc(C)cc(C(F)(F)F)c3)[C@@H]2C)c1. The molecule has 0 unspecified atom stereocenters. The number of amides is 1. The van der Waals surface area contributed by atoms with E-state index in [2.05, 4.69) is 21.7 Å². The summed E-state index contributed by atoms with van der Waals surface area (Å²) in [6.45, 7) is 13.8. The summed E-state index contributed by atoms with van der Waals surface area (Å²) >= 11 is 0. The van der Waals surface area contributed by atoms with E-state index in [-0.39, 0.29) is 6.54 Å². The zero-order valence-corrected chi connectivity index (χ0v) is 20.8. The third-order valence-corrected chi connectivity index (χ3v) is 7.17. The van der Waals surface area contributed by atoms with Gasteiger partial charge in [0.25, 0.3) is 0 Å². The van der Waals surface area contributed by atoms with E-state index in [0.717, 1.165) is 55.7 Å². The Morgan fingerprint density at radius 3 is 2.56 bits per heavy atom. The molecule has 2 aliphatic rings. The molecule has 0 bridgehead atoms. The molecule has 2 aromatic rings. The lowest BCUT2D eigenvalue weighted by Crippen LogP contribution is -2.39. The third kappa shape index (κ3) is 5.28. The van der Waals surface area contributed by atoms with Crippen molar-refractivity contribution < 1.29 is 22.7 Å². The fraction of sp³-hybridized carbons (Fsp3) is 0.519. The van der Waals surface area contributed by atoms with Gasteiger partial charge in [0, 0.05) is 24.3 Å². The summed E-state index contributed by atoms with van der Waals surface area (Å²) in [4.78, 5) is 24.8. The van der Waals surface area contributed by atoms with E-state index in [1.165, 1.54) is 11.3 Å². The van der Waals surface area contributed by atoms with Gasteiger partial charge in [0.1, 0.15) is 11.9 Å². The van der Waals surface area contributed by atoms with Crippen LogP contribution in [0.4, 0.5) is 29.5 Å². The number of ether oxygens (including phenoxy) is 1. The van der Waals surface area contributed by atoms with Gasteiger partial charge in [-0.2, -0.15) is 13.2 Å². The Morgan fingerprint density at radius 1 is 1.19 bits per heavy atom. The molecular weight excluding hydrogens is 469 g/mol. The Kier molecular flexibility index (Phi) is 7.43. The van der Waals surface area contributed by atoms with E-state index >= 15 is 0 Å². The summed E-state index contributed by atoms with van der Waals surface area (Å²) in [6.07, 6.45) is 1.30. The number of benzene rings is 1. The summed E-state index contributed by atoms with van der Waals surface area (Å²) in [7, 11) is 0. The van der Waals surface area contributed by atoms with Crippen molar-refractivity contribution in [1.29, 1.82) is 0 Å². The monoisotopic (exact) mass is 500 g/mol. The first-order valence-electron chi connectivity index (χ1n) is 12.4. The van der Waals surface area contributed by atoms with Crippen molar-refractivity contribution >= 4 is 17.6 Å². The van der Waals surface area contributed by atoms with Crippen molar-refractivity contribution in [3.63, 3.8) is 0 Å². The van der Waals surface area contributed by atoms with Gasteiger partial charge in [0.2, 0.25) is 5.69 Å². The van der Waals surface area contributed by atoms with Gasteiger partial charge < -0.3 is 9.64 Å². The molecule has 6 nitrogen and oxygen atoms in total. The number of pyridine rings is 1. The highest BCUT2D eigenvalue weighted by Gasteiger charge is 2.41. The Bertz CT molecular complexity index is 1150. The Labute approximate surface area is 209 Å². The highest BCUT2D eigenvalue weighted by atomic mass is 19.4. The van der Waals surface area contributed by atoms with Gasteiger partial charge in [-0.3, -0.25) is 9.88 Å². The van der Waals surface area contributed by atoms with Crippen LogP contribution in [0.5, 0.6) is 0 Å². The minimum atomic E-state index is -4.49. The second kappa shape index (κ2) is 10.4. The molecule has 2 atom stereocenters. The summed E-state index contributed by atoms with van der Waals surface area (Å²) in [5, 5.41) is 0. The van der Waals surface area contributed by atoms with Gasteiger partial charge in [0.15, 0.2) is 0 Å². The zero-order chi connectivity index (χ0) is 26.0. The number of hydrogen-bond acceptors (Lipinski definition) is 4. The van der Waals surface area contributed by atoms with Crippen LogP contribution in [-0.2, 0) is 17.5 Å². The molecule has 1 amide bonds. The summed E-state index contributed by atoms with van der Waals surface area (Å²) in [6, 6.07) is 5.36. The fourth-order valence-corrected chi connectivity index (χ4v) is 5.38. The molecule has 0 N–H and O–H groups in total. The van der Waals surface area contributed by atoms with E-state index < -0.39 is 30.0 Å². The number of aryl methyl sites for hydroxylation is 1. The fourth-order valence-electron chi connectivity index (χ4n) is 5.38. The van der Waals surface area contributed by atoms with Crippen LogP contribution in [0.1, 0.15) is 74.3 Å². The third-order valence-electron chi connectivity index (χ3n) is 7.17. The predicted molar refractivity (Wildman–Crippen MR) is 131 cm³/mol. The van der Waals surface area contributed by atoms with Crippen LogP contribution in [0, 0.1) is 13.5 Å². The lowest BCUT2D eigenvalue weighted by molar-refractivity contribution is -0.137. The first kappa shape index (κ1) is 25.8. The predicted octanol–water partition coefficient (Wildman–Crippen LogP) is 7.20. The largest absolute Gasteiger partial charge is 0.439 e. The van der Waals surface area contributed by atoms with Gasteiger partial charge in [-0.25, -0.2) is 9.64 Å². The quantitative estimate of drug-likeness (QED) is 0.394. The maximum atomic E-state index is 13.4. The molecule has 1 aliphatic carbocycles. The molecule has 0 spiro atoms. The second-order valence-corrected chi connectivity index (χ2v) is 9.67. The van der Waals surface area contributed by atoms with Crippen molar-refractivity contribution in [2.24, 2.45) is 0 Å². The second-order valence-electron chi connectivity index (χ2n) is 9.67. The molecule has 4 rings (SSSR count). The topological polar surface area (TPSA) is 50.0 Å². The van der Waals surface area contributed by atoms with Gasteiger partial charge in [-0.15, -0.1) is 0 Å². The van der Waals surface area contributed by atoms with Crippen LogP contribution in [0.3, 0.4) is 0 Å². The van der Waals surface area contributed by atoms with E-state index in [0.29, 0.717) is 22.9 Å².